The number of ether oxygens (including phenoxy) is 2. The van der Waals surface area contributed by atoms with E-state index in [1.165, 1.54) is 4.31 Å². The van der Waals surface area contributed by atoms with Gasteiger partial charge in [-0.3, -0.25) is 13.9 Å². The fourth-order valence-electron chi connectivity index (χ4n) is 6.28. The largest absolute Gasteiger partial charge is 0.497 e. The van der Waals surface area contributed by atoms with Crippen LogP contribution in [0.15, 0.2) is 72.9 Å². The summed E-state index contributed by atoms with van der Waals surface area (Å²) in [5.41, 5.74) is 4.02. The molecule has 1 unspecified atom stereocenters. The Morgan fingerprint density at radius 1 is 1.11 bits per heavy atom. The molecule has 1 aliphatic heterocycles. The van der Waals surface area contributed by atoms with Gasteiger partial charge in [-0.2, -0.15) is 0 Å². The van der Waals surface area contributed by atoms with Crippen molar-refractivity contribution in [2.75, 3.05) is 25.0 Å². The lowest BCUT2D eigenvalue weighted by Gasteiger charge is -2.33. The standard InChI is InChI=1S/C36H44N4O6S/c1-7-26-22-40-21-24(2)47(43,44)39(5)32-18-27(17-30(26)34(32)40)35(42)38-31(16-25-12-9-8-10-13-25)33(46-23-41)20-37-36(3,4)28-14-11-15-29(19-28)45-6/h8-15,17-19,22-24,31,33,37H,7,16,20-21H2,1-6H3,(H,38,42)/t24?,31-,33+/m0/s1. The van der Waals surface area contributed by atoms with Crippen LogP contribution >= 0.6 is 0 Å². The molecule has 0 fully saturated rings. The molecule has 250 valence electrons. The Balaban J connectivity index is 1.49. The number of anilines is 1. The summed E-state index contributed by atoms with van der Waals surface area (Å²) in [5, 5.41) is 6.86. The summed E-state index contributed by atoms with van der Waals surface area (Å²) in [4.78, 5) is 26.0. The van der Waals surface area contributed by atoms with Crippen LogP contribution in [-0.4, -0.2) is 63.5 Å². The lowest BCUT2D eigenvalue weighted by Crippen LogP contribution is -2.52. The Bertz CT molecular complexity index is 1850. The third kappa shape index (κ3) is 7.01. The molecule has 2 heterocycles. The monoisotopic (exact) mass is 660 g/mol. The lowest BCUT2D eigenvalue weighted by molar-refractivity contribution is -0.134. The van der Waals surface area contributed by atoms with Crippen molar-refractivity contribution >= 4 is 39.0 Å². The Kier molecular flexibility index (Phi) is 9.97. The Hall–Kier alpha value is -4.35. The smallest absolute Gasteiger partial charge is 0.293 e. The van der Waals surface area contributed by atoms with E-state index in [-0.39, 0.29) is 6.54 Å². The summed E-state index contributed by atoms with van der Waals surface area (Å²) in [6.45, 7) is 8.77. The molecule has 10 nitrogen and oxygen atoms in total. The number of methoxy groups -OCH3 is 1. The van der Waals surface area contributed by atoms with E-state index in [1.807, 2.05) is 92.2 Å². The molecule has 1 aliphatic rings. The molecule has 0 radical (unpaired) electrons. The van der Waals surface area contributed by atoms with Crippen molar-refractivity contribution in [1.82, 2.24) is 15.2 Å². The number of carbonyl (C=O) groups excluding carboxylic acids is 2. The Labute approximate surface area is 277 Å². The predicted molar refractivity (Wildman–Crippen MR) is 184 cm³/mol. The zero-order valence-electron chi connectivity index (χ0n) is 27.8. The first kappa shape index (κ1) is 34.0. The second-order valence-electron chi connectivity index (χ2n) is 12.7. The second-order valence-corrected chi connectivity index (χ2v) is 15.0. The van der Waals surface area contributed by atoms with Gasteiger partial charge in [0.1, 0.15) is 11.9 Å². The van der Waals surface area contributed by atoms with E-state index in [0.717, 1.165) is 39.8 Å². The SMILES string of the molecule is CCc1cn2c3c(cc(C(=O)N[C@@H](Cc4ccccc4)[C@@H](CNC(C)(C)c4cccc(OC)c4)OC=O)cc13)N(C)S(=O)(=O)C(C)C2. The highest BCUT2D eigenvalue weighted by molar-refractivity contribution is 7.93. The average molecular weight is 661 g/mol. The minimum absolute atomic E-state index is 0.243. The number of aryl methyl sites for hydroxylation is 1. The average Bonchev–Trinajstić information content (AvgIpc) is 3.40. The summed E-state index contributed by atoms with van der Waals surface area (Å²) in [5.74, 6) is 0.335. The van der Waals surface area contributed by atoms with Gasteiger partial charge in [0.05, 0.1) is 29.6 Å². The second kappa shape index (κ2) is 13.8. The first-order valence-corrected chi connectivity index (χ1v) is 17.4. The van der Waals surface area contributed by atoms with Gasteiger partial charge in [0.25, 0.3) is 12.4 Å². The first-order valence-electron chi connectivity index (χ1n) is 15.9. The van der Waals surface area contributed by atoms with Gasteiger partial charge in [0.15, 0.2) is 0 Å². The molecule has 1 amide bonds. The normalized spacial score (nSPS) is 17.1. The van der Waals surface area contributed by atoms with E-state index in [2.05, 4.69) is 10.6 Å². The highest BCUT2D eigenvalue weighted by atomic mass is 32.2. The van der Waals surface area contributed by atoms with Crippen LogP contribution in [0.5, 0.6) is 5.75 Å². The van der Waals surface area contributed by atoms with Gasteiger partial charge in [-0.25, -0.2) is 8.42 Å². The number of nitrogens with zero attached hydrogens (tertiary/aromatic N) is 2. The van der Waals surface area contributed by atoms with Crippen molar-refractivity contribution in [2.24, 2.45) is 0 Å². The number of benzene rings is 3. The zero-order chi connectivity index (χ0) is 33.9. The number of amides is 1. The third-order valence-electron chi connectivity index (χ3n) is 9.19. The maximum absolute atomic E-state index is 14.1. The summed E-state index contributed by atoms with van der Waals surface area (Å²) in [7, 11) is -0.490. The maximum Gasteiger partial charge on any atom is 0.293 e. The zero-order valence-corrected chi connectivity index (χ0v) is 28.6. The molecule has 0 aliphatic carbocycles. The van der Waals surface area contributed by atoms with E-state index in [0.29, 0.717) is 30.7 Å². The molecule has 3 atom stereocenters. The van der Waals surface area contributed by atoms with Crippen LogP contribution in [0.25, 0.3) is 10.9 Å². The molecule has 4 aromatic rings. The van der Waals surface area contributed by atoms with Gasteiger partial charge in [-0.05, 0) is 74.6 Å². The summed E-state index contributed by atoms with van der Waals surface area (Å²) in [6, 6.07) is 20.3. The fourth-order valence-corrected chi connectivity index (χ4v) is 7.59. The molecule has 1 aromatic heterocycles. The molecular weight excluding hydrogens is 616 g/mol. The minimum atomic E-state index is -3.65. The molecule has 0 saturated carbocycles. The molecule has 11 heteroatoms. The molecule has 0 saturated heterocycles. The highest BCUT2D eigenvalue weighted by Gasteiger charge is 2.34. The summed E-state index contributed by atoms with van der Waals surface area (Å²) >= 11 is 0. The summed E-state index contributed by atoms with van der Waals surface area (Å²) in [6.07, 6.45) is 2.37. The molecule has 3 aromatic carbocycles. The number of hydrogen-bond acceptors (Lipinski definition) is 7. The quantitative estimate of drug-likeness (QED) is 0.198. The topological polar surface area (TPSA) is 119 Å². The van der Waals surface area contributed by atoms with Crippen molar-refractivity contribution in [2.45, 2.75) is 70.0 Å². The van der Waals surface area contributed by atoms with E-state index >= 15 is 0 Å². The lowest BCUT2D eigenvalue weighted by atomic mass is 9.93. The minimum Gasteiger partial charge on any atom is -0.497 e. The van der Waals surface area contributed by atoms with E-state index < -0.39 is 38.9 Å². The van der Waals surface area contributed by atoms with Crippen LogP contribution in [0.2, 0.25) is 0 Å². The number of rotatable bonds is 13. The highest BCUT2D eigenvalue weighted by Crippen LogP contribution is 2.37. The van der Waals surface area contributed by atoms with Gasteiger partial charge in [0, 0.05) is 42.8 Å². The van der Waals surface area contributed by atoms with Crippen LogP contribution in [0, 0.1) is 0 Å². The van der Waals surface area contributed by atoms with Gasteiger partial charge < -0.3 is 24.7 Å². The van der Waals surface area contributed by atoms with Gasteiger partial charge in [-0.15, -0.1) is 0 Å². The molecule has 2 N–H and O–H groups in total. The van der Waals surface area contributed by atoms with Crippen molar-refractivity contribution in [3.8, 4) is 5.75 Å². The molecule has 47 heavy (non-hydrogen) atoms. The van der Waals surface area contributed by atoms with Crippen LogP contribution < -0.4 is 19.7 Å². The third-order valence-corrected chi connectivity index (χ3v) is 11.3. The van der Waals surface area contributed by atoms with Crippen LogP contribution in [0.3, 0.4) is 0 Å². The van der Waals surface area contributed by atoms with Crippen molar-refractivity contribution in [3.63, 3.8) is 0 Å². The Morgan fingerprint density at radius 2 is 1.85 bits per heavy atom. The molecule has 0 spiro atoms. The van der Waals surface area contributed by atoms with E-state index in [4.69, 9.17) is 9.47 Å². The Morgan fingerprint density at radius 3 is 2.53 bits per heavy atom. The number of nitrogens with one attached hydrogen (secondary N) is 2. The van der Waals surface area contributed by atoms with E-state index in [1.54, 1.807) is 27.1 Å². The van der Waals surface area contributed by atoms with Crippen molar-refractivity contribution in [3.05, 3.63) is 95.2 Å². The number of hydrogen-bond donors (Lipinski definition) is 2. The van der Waals surface area contributed by atoms with Gasteiger partial charge in [0.2, 0.25) is 10.0 Å². The fraction of sp³-hybridized carbons (Fsp3) is 0.389. The number of carbonyl (C=O) groups is 2. The van der Waals surface area contributed by atoms with Crippen LogP contribution in [0.4, 0.5) is 5.69 Å². The molecule has 5 rings (SSSR count). The first-order chi connectivity index (χ1) is 22.4. The van der Waals surface area contributed by atoms with Crippen molar-refractivity contribution < 1.29 is 27.5 Å². The van der Waals surface area contributed by atoms with Gasteiger partial charge >= 0.3 is 0 Å². The van der Waals surface area contributed by atoms with E-state index in [9.17, 15) is 18.0 Å². The summed E-state index contributed by atoms with van der Waals surface area (Å²) < 4.78 is 41.1. The van der Waals surface area contributed by atoms with Crippen LogP contribution in [0.1, 0.15) is 54.7 Å². The number of aromatic nitrogens is 1. The molecular formula is C36H44N4O6S. The van der Waals surface area contributed by atoms with Crippen molar-refractivity contribution in [1.29, 1.82) is 0 Å². The number of sulfonamides is 1. The molecule has 0 bridgehead atoms. The van der Waals surface area contributed by atoms with Crippen LogP contribution in [-0.2, 0) is 44.5 Å². The maximum atomic E-state index is 14.1. The predicted octanol–water partition coefficient (Wildman–Crippen LogP) is 4.79. The van der Waals surface area contributed by atoms with Gasteiger partial charge in [-0.1, -0.05) is 49.4 Å².